The van der Waals surface area contributed by atoms with Gasteiger partial charge in [0.15, 0.2) is 0 Å². The first-order valence-corrected chi connectivity index (χ1v) is 9.73. The van der Waals surface area contributed by atoms with Crippen LogP contribution in [0.4, 0.5) is 13.2 Å². The number of carbonyl (C=O) groups excluding carboxylic acids is 2. The number of likely N-dealkylation sites (N-methyl/N-ethyl adjacent to an activating group) is 1. The predicted molar refractivity (Wildman–Crippen MR) is 114 cm³/mol. The number of nitrogens with two attached hydrogens (primary N) is 1. The van der Waals surface area contributed by atoms with E-state index in [-0.39, 0.29) is 35.9 Å². The molecule has 3 rings (SSSR count). The molecule has 0 saturated carbocycles. The molecule has 33 heavy (non-hydrogen) atoms. The number of alkyl halides is 3. The normalized spacial score (nSPS) is 11.2. The summed E-state index contributed by atoms with van der Waals surface area (Å²) >= 11 is 0. The van der Waals surface area contributed by atoms with Crippen molar-refractivity contribution in [1.29, 1.82) is 0 Å². The zero-order valence-electron chi connectivity index (χ0n) is 17.5. The Morgan fingerprint density at radius 1 is 1.09 bits per heavy atom. The Labute approximate surface area is 187 Å². The smallest absolute Gasteiger partial charge is 0.416 e. The lowest BCUT2D eigenvalue weighted by atomic mass is 10.1. The molecule has 7 nitrogen and oxygen atoms in total. The second-order valence-corrected chi connectivity index (χ2v) is 7.06. The maximum atomic E-state index is 13.2. The number of ether oxygens (including phenoxy) is 1. The van der Waals surface area contributed by atoms with E-state index >= 15 is 0 Å². The summed E-state index contributed by atoms with van der Waals surface area (Å²) in [6, 6.07) is 13.8. The third kappa shape index (κ3) is 5.66. The number of pyridine rings is 1. The van der Waals surface area contributed by atoms with E-state index in [1.807, 2.05) is 0 Å². The summed E-state index contributed by atoms with van der Waals surface area (Å²) in [6.45, 7) is -0.398. The Morgan fingerprint density at radius 2 is 1.79 bits per heavy atom. The minimum absolute atomic E-state index is 0.0550. The molecular weight excluding hydrogens is 439 g/mol. The minimum atomic E-state index is -4.64. The van der Waals surface area contributed by atoms with Crippen LogP contribution in [0.2, 0.25) is 0 Å². The van der Waals surface area contributed by atoms with Crippen molar-refractivity contribution < 1.29 is 32.6 Å². The fraction of sp³-hybridized carbons (Fsp3) is 0.174. The third-order valence-electron chi connectivity index (χ3n) is 4.70. The zero-order chi connectivity index (χ0) is 24.2. The van der Waals surface area contributed by atoms with Gasteiger partial charge < -0.3 is 20.5 Å². The van der Waals surface area contributed by atoms with Gasteiger partial charge in [0, 0.05) is 19.2 Å². The van der Waals surface area contributed by atoms with Crippen LogP contribution in [-0.2, 0) is 6.18 Å². The van der Waals surface area contributed by atoms with Gasteiger partial charge in [-0.05, 0) is 54.6 Å². The number of hydrogen-bond acceptors (Lipinski definition) is 5. The first-order valence-electron chi connectivity index (χ1n) is 9.73. The highest BCUT2D eigenvalue weighted by Crippen LogP contribution is 2.35. The van der Waals surface area contributed by atoms with Gasteiger partial charge in [-0.25, -0.2) is 4.98 Å². The Morgan fingerprint density at radius 3 is 2.39 bits per heavy atom. The van der Waals surface area contributed by atoms with Crippen molar-refractivity contribution in [2.45, 2.75) is 6.18 Å². The summed E-state index contributed by atoms with van der Waals surface area (Å²) in [4.78, 5) is 29.3. The molecule has 0 aliphatic carbocycles. The topological polar surface area (TPSA) is 106 Å². The fourth-order valence-electron chi connectivity index (χ4n) is 2.97. The van der Waals surface area contributed by atoms with Crippen LogP contribution in [0, 0.1) is 0 Å². The summed E-state index contributed by atoms with van der Waals surface area (Å²) < 4.78 is 45.3. The van der Waals surface area contributed by atoms with Gasteiger partial charge in [-0.1, -0.05) is 6.07 Å². The monoisotopic (exact) mass is 459 g/mol. The molecule has 172 valence electrons. The molecule has 0 fully saturated rings. The molecule has 0 bridgehead atoms. The Balaban J connectivity index is 1.91. The van der Waals surface area contributed by atoms with Gasteiger partial charge in [-0.3, -0.25) is 9.59 Å². The maximum Gasteiger partial charge on any atom is 0.416 e. The van der Waals surface area contributed by atoms with Crippen LogP contribution in [0.3, 0.4) is 0 Å². The molecule has 0 saturated heterocycles. The molecule has 1 aromatic heterocycles. The predicted octanol–water partition coefficient (Wildman–Crippen LogP) is 3.72. The average molecular weight is 459 g/mol. The van der Waals surface area contributed by atoms with E-state index < -0.39 is 23.6 Å². The van der Waals surface area contributed by atoms with Gasteiger partial charge in [0.05, 0.1) is 23.4 Å². The first-order chi connectivity index (χ1) is 15.6. The third-order valence-corrected chi connectivity index (χ3v) is 4.70. The van der Waals surface area contributed by atoms with Crippen molar-refractivity contribution in [3.8, 4) is 22.8 Å². The van der Waals surface area contributed by atoms with Gasteiger partial charge >= 0.3 is 6.18 Å². The van der Waals surface area contributed by atoms with E-state index in [0.29, 0.717) is 11.3 Å². The zero-order valence-corrected chi connectivity index (χ0v) is 17.5. The van der Waals surface area contributed by atoms with Crippen LogP contribution in [-0.4, -0.2) is 47.0 Å². The first kappa shape index (κ1) is 23.7. The Bertz CT molecular complexity index is 1160. The quantitative estimate of drug-likeness (QED) is 0.560. The number of aromatic nitrogens is 1. The molecule has 2 amide bonds. The van der Waals surface area contributed by atoms with Crippen LogP contribution in [0.1, 0.15) is 26.4 Å². The van der Waals surface area contributed by atoms with Crippen molar-refractivity contribution in [3.05, 3.63) is 77.5 Å². The van der Waals surface area contributed by atoms with Crippen LogP contribution in [0.5, 0.6) is 11.5 Å². The molecule has 10 heteroatoms. The second-order valence-electron chi connectivity index (χ2n) is 7.06. The molecule has 0 atom stereocenters. The summed E-state index contributed by atoms with van der Waals surface area (Å²) in [5, 5.41) is 9.05. The highest BCUT2D eigenvalue weighted by Gasteiger charge is 2.32. The van der Waals surface area contributed by atoms with Crippen molar-refractivity contribution in [3.63, 3.8) is 0 Å². The number of benzene rings is 2. The second kappa shape index (κ2) is 9.70. The van der Waals surface area contributed by atoms with Crippen molar-refractivity contribution in [1.82, 2.24) is 9.88 Å². The molecule has 0 aliphatic rings. The average Bonchev–Trinajstić information content (AvgIpc) is 2.79. The standard InChI is InChI=1S/C23H20F3N3O4/c1-29(11-12-30)22(32)17-13-15(23(24,25)26)7-10-20(17)33-16-8-5-14(6-9-16)18-3-2-4-19(28-18)21(27)31/h2-10,13,30H,11-12H2,1H3,(H2,27,31). The molecule has 1 heterocycles. The lowest BCUT2D eigenvalue weighted by Gasteiger charge is -2.19. The molecule has 0 radical (unpaired) electrons. The number of amides is 2. The number of halogens is 3. The summed E-state index contributed by atoms with van der Waals surface area (Å²) in [5.41, 5.74) is 5.21. The Hall–Kier alpha value is -3.92. The van der Waals surface area contributed by atoms with Crippen molar-refractivity contribution >= 4 is 11.8 Å². The van der Waals surface area contributed by atoms with Gasteiger partial charge in [-0.2, -0.15) is 13.2 Å². The number of aliphatic hydroxyl groups is 1. The number of aliphatic hydroxyl groups excluding tert-OH is 1. The molecule has 0 spiro atoms. The van der Waals surface area contributed by atoms with Gasteiger partial charge in [0.1, 0.15) is 17.2 Å². The van der Waals surface area contributed by atoms with E-state index in [9.17, 15) is 22.8 Å². The number of carbonyl (C=O) groups is 2. The van der Waals surface area contributed by atoms with Crippen LogP contribution in [0.15, 0.2) is 60.7 Å². The van der Waals surface area contributed by atoms with Crippen LogP contribution < -0.4 is 10.5 Å². The lowest BCUT2D eigenvalue weighted by Crippen LogP contribution is -2.30. The molecule has 0 unspecified atom stereocenters. The number of rotatable bonds is 7. The van der Waals surface area contributed by atoms with E-state index in [4.69, 9.17) is 15.6 Å². The fourth-order valence-corrected chi connectivity index (χ4v) is 2.97. The Kier molecular flexibility index (Phi) is 6.98. The van der Waals surface area contributed by atoms with Crippen LogP contribution >= 0.6 is 0 Å². The lowest BCUT2D eigenvalue weighted by molar-refractivity contribution is -0.137. The summed E-state index contributed by atoms with van der Waals surface area (Å²) in [5.74, 6) is -1.19. The minimum Gasteiger partial charge on any atom is -0.457 e. The highest BCUT2D eigenvalue weighted by atomic mass is 19.4. The summed E-state index contributed by atoms with van der Waals surface area (Å²) in [6.07, 6.45) is -4.64. The van der Waals surface area contributed by atoms with E-state index in [2.05, 4.69) is 4.98 Å². The maximum absolute atomic E-state index is 13.2. The van der Waals surface area contributed by atoms with Gasteiger partial charge in [0.25, 0.3) is 11.8 Å². The molecule has 3 N–H and O–H groups in total. The van der Waals surface area contributed by atoms with Crippen molar-refractivity contribution in [2.75, 3.05) is 20.2 Å². The molecule has 2 aromatic carbocycles. The van der Waals surface area contributed by atoms with E-state index in [1.54, 1.807) is 36.4 Å². The SMILES string of the molecule is CN(CCO)C(=O)c1cc(C(F)(F)F)ccc1Oc1ccc(-c2cccc(C(N)=O)n2)cc1. The van der Waals surface area contributed by atoms with Gasteiger partial charge in [0.2, 0.25) is 0 Å². The van der Waals surface area contributed by atoms with Crippen molar-refractivity contribution in [2.24, 2.45) is 5.73 Å². The summed E-state index contributed by atoms with van der Waals surface area (Å²) in [7, 11) is 1.37. The number of hydrogen-bond donors (Lipinski definition) is 2. The molecule has 0 aliphatic heterocycles. The van der Waals surface area contributed by atoms with E-state index in [0.717, 1.165) is 23.1 Å². The van der Waals surface area contributed by atoms with E-state index in [1.165, 1.54) is 13.1 Å². The number of primary amides is 1. The molecule has 3 aromatic rings. The largest absolute Gasteiger partial charge is 0.457 e. The molecular formula is C23H20F3N3O4. The van der Waals surface area contributed by atoms with Crippen LogP contribution in [0.25, 0.3) is 11.3 Å². The van der Waals surface area contributed by atoms with Gasteiger partial charge in [-0.15, -0.1) is 0 Å². The highest BCUT2D eigenvalue weighted by molar-refractivity contribution is 5.97. The number of nitrogens with zero attached hydrogens (tertiary/aromatic N) is 2.